The maximum absolute atomic E-state index is 12.4. The van der Waals surface area contributed by atoms with E-state index in [4.69, 9.17) is 18.5 Å². The fourth-order valence-electron chi connectivity index (χ4n) is 4.36. The van der Waals surface area contributed by atoms with Gasteiger partial charge in [0.25, 0.3) is 7.82 Å². The zero-order valence-electron chi connectivity index (χ0n) is 28.0. The first kappa shape index (κ1) is 41.2. The lowest BCUT2D eigenvalue weighted by atomic mass is 10.1. The molecule has 0 N–H and O–H groups in total. The average molecular weight is 620 g/mol. The molecule has 9 heteroatoms. The molecule has 8 nitrogen and oxygen atoms in total. The molecule has 0 fully saturated rings. The Morgan fingerprint density at radius 2 is 1.24 bits per heavy atom. The maximum Gasteiger partial charge on any atom is 0.306 e. The molecule has 0 aromatic heterocycles. The van der Waals surface area contributed by atoms with E-state index < -0.39 is 13.9 Å². The summed E-state index contributed by atoms with van der Waals surface area (Å²) >= 11 is 0. The number of allylic oxidation sites excluding steroid dienone is 2. The molecule has 0 saturated heterocycles. The number of rotatable bonds is 31. The van der Waals surface area contributed by atoms with Gasteiger partial charge in [0.2, 0.25) is 0 Å². The highest BCUT2D eigenvalue weighted by atomic mass is 31.2. The Morgan fingerprint density at radius 1 is 0.714 bits per heavy atom. The number of ether oxygens (including phenoxy) is 2. The van der Waals surface area contributed by atoms with Gasteiger partial charge in [-0.25, -0.2) is 0 Å². The molecule has 0 aliphatic carbocycles. The Bertz CT molecular complexity index is 696. The predicted octanol–water partition coefficient (Wildman–Crippen LogP) is 8.13. The molecule has 0 aromatic rings. The van der Waals surface area contributed by atoms with E-state index in [1.165, 1.54) is 83.5 Å². The highest BCUT2D eigenvalue weighted by molar-refractivity contribution is 7.45. The van der Waals surface area contributed by atoms with Crippen molar-refractivity contribution < 1.29 is 37.3 Å². The summed E-state index contributed by atoms with van der Waals surface area (Å²) in [7, 11) is 1.35. The first-order valence-electron chi connectivity index (χ1n) is 16.9. The van der Waals surface area contributed by atoms with Crippen molar-refractivity contribution in [2.24, 2.45) is 0 Å². The second-order valence-corrected chi connectivity index (χ2v) is 13.9. The van der Waals surface area contributed by atoms with E-state index in [9.17, 15) is 14.3 Å². The summed E-state index contributed by atoms with van der Waals surface area (Å²) in [5, 5.41) is 0. The number of phosphoric acid groups is 1. The summed E-state index contributed by atoms with van der Waals surface area (Å²) in [4.78, 5) is 24.7. The molecule has 0 radical (unpaired) electrons. The van der Waals surface area contributed by atoms with E-state index in [-0.39, 0.29) is 25.8 Å². The van der Waals surface area contributed by atoms with Crippen LogP contribution in [0.1, 0.15) is 136 Å². The largest absolute Gasteiger partial charge is 0.756 e. The number of hydrogen-bond donors (Lipinski definition) is 0. The normalized spacial score (nSPS) is 14.3. The number of hydrogen-bond acceptors (Lipinski definition) is 7. The Hall–Kier alpha value is -0.760. The van der Waals surface area contributed by atoms with Gasteiger partial charge in [-0.2, -0.15) is 0 Å². The van der Waals surface area contributed by atoms with Gasteiger partial charge in [0.05, 0.1) is 34.4 Å². The van der Waals surface area contributed by atoms with Gasteiger partial charge in [-0.05, 0) is 38.5 Å². The highest BCUT2D eigenvalue weighted by Gasteiger charge is 2.20. The van der Waals surface area contributed by atoms with Crippen LogP contribution in [0.25, 0.3) is 0 Å². The number of carbonyl (C=O) groups is 1. The molecule has 0 saturated carbocycles. The van der Waals surface area contributed by atoms with Crippen molar-refractivity contribution in [1.29, 1.82) is 0 Å². The molecule has 0 aliphatic rings. The Labute approximate surface area is 259 Å². The topological polar surface area (TPSA) is 94.1 Å². The summed E-state index contributed by atoms with van der Waals surface area (Å²) in [6.45, 7) is 5.32. The van der Waals surface area contributed by atoms with Crippen LogP contribution in [0.4, 0.5) is 0 Å². The molecule has 0 aliphatic heterocycles. The number of phosphoric ester groups is 1. The summed E-state index contributed by atoms with van der Waals surface area (Å²) in [6.07, 6.45) is 25.1. The van der Waals surface area contributed by atoms with Crippen LogP contribution in [0, 0.1) is 0 Å². The number of quaternary nitrogens is 1. The third-order valence-corrected chi connectivity index (χ3v) is 8.03. The van der Waals surface area contributed by atoms with Crippen molar-refractivity contribution in [2.75, 3.05) is 54.1 Å². The van der Waals surface area contributed by atoms with Crippen molar-refractivity contribution >= 4 is 13.8 Å². The standard InChI is InChI=1S/C33H66NO7P/c1-6-8-10-12-14-15-16-17-18-19-21-23-25-28-38-30-32(31-40-42(36,37)39-29-27-34(3,4)5)41-33(35)26-24-22-20-13-11-9-7-2/h14-15,32H,6-13,16-31H2,1-5H3/b15-14-. The molecule has 0 aromatic carbocycles. The molecule has 0 spiro atoms. The fourth-order valence-corrected chi connectivity index (χ4v) is 5.09. The van der Waals surface area contributed by atoms with Crippen LogP contribution in [0.3, 0.4) is 0 Å². The lowest BCUT2D eigenvalue weighted by Crippen LogP contribution is -2.37. The average Bonchev–Trinajstić information content (AvgIpc) is 2.92. The molecule has 2 unspecified atom stereocenters. The highest BCUT2D eigenvalue weighted by Crippen LogP contribution is 2.38. The molecule has 42 heavy (non-hydrogen) atoms. The summed E-state index contributed by atoms with van der Waals surface area (Å²) in [5.74, 6) is -0.344. The number of nitrogens with zero attached hydrogens (tertiary/aromatic N) is 1. The van der Waals surface area contributed by atoms with Gasteiger partial charge in [0.1, 0.15) is 19.3 Å². The van der Waals surface area contributed by atoms with Crippen LogP contribution in [-0.2, 0) is 27.9 Å². The summed E-state index contributed by atoms with van der Waals surface area (Å²) < 4.78 is 34.2. The maximum atomic E-state index is 12.4. The number of unbranched alkanes of at least 4 members (excludes halogenated alkanes) is 15. The van der Waals surface area contributed by atoms with E-state index in [0.717, 1.165) is 32.1 Å². The van der Waals surface area contributed by atoms with Crippen molar-refractivity contribution in [3.63, 3.8) is 0 Å². The fraction of sp³-hybridized carbons (Fsp3) is 0.909. The van der Waals surface area contributed by atoms with E-state index in [2.05, 4.69) is 26.0 Å². The van der Waals surface area contributed by atoms with E-state index >= 15 is 0 Å². The van der Waals surface area contributed by atoms with Crippen LogP contribution in [-0.4, -0.2) is 70.7 Å². The zero-order valence-corrected chi connectivity index (χ0v) is 28.8. The monoisotopic (exact) mass is 619 g/mol. The van der Waals surface area contributed by atoms with Gasteiger partial charge < -0.3 is 27.9 Å². The smallest absolute Gasteiger partial charge is 0.306 e. The predicted molar refractivity (Wildman–Crippen MR) is 171 cm³/mol. The molecule has 0 bridgehead atoms. The van der Waals surface area contributed by atoms with Crippen molar-refractivity contribution in [3.8, 4) is 0 Å². The van der Waals surface area contributed by atoms with Crippen molar-refractivity contribution in [2.45, 2.75) is 142 Å². The zero-order chi connectivity index (χ0) is 31.4. The Balaban J connectivity index is 4.30. The Kier molecular flexibility index (Phi) is 27.3. The number of esters is 1. The Morgan fingerprint density at radius 3 is 1.86 bits per heavy atom. The summed E-state index contributed by atoms with van der Waals surface area (Å²) in [6, 6.07) is 0. The molecule has 0 rings (SSSR count). The molecule has 0 heterocycles. The van der Waals surface area contributed by atoms with Gasteiger partial charge in [-0.3, -0.25) is 9.36 Å². The molecular weight excluding hydrogens is 553 g/mol. The lowest BCUT2D eigenvalue weighted by molar-refractivity contribution is -0.870. The molecule has 2 atom stereocenters. The first-order chi connectivity index (χ1) is 20.1. The minimum atomic E-state index is -4.50. The van der Waals surface area contributed by atoms with E-state index in [1.54, 1.807) is 0 Å². The minimum absolute atomic E-state index is 0.0270. The van der Waals surface area contributed by atoms with E-state index in [0.29, 0.717) is 24.1 Å². The lowest BCUT2D eigenvalue weighted by Gasteiger charge is -2.28. The molecule has 250 valence electrons. The van der Waals surface area contributed by atoms with Crippen LogP contribution in [0.15, 0.2) is 12.2 Å². The second kappa shape index (κ2) is 27.8. The number of carbonyl (C=O) groups excluding carboxylic acids is 1. The minimum Gasteiger partial charge on any atom is -0.756 e. The van der Waals surface area contributed by atoms with Crippen LogP contribution in [0.2, 0.25) is 0 Å². The quantitative estimate of drug-likeness (QED) is 0.0254. The molecular formula is C33H66NO7P. The number of likely N-dealkylation sites (N-methyl/N-ethyl adjacent to an activating group) is 1. The van der Waals surface area contributed by atoms with Crippen LogP contribution < -0.4 is 4.89 Å². The van der Waals surface area contributed by atoms with Gasteiger partial charge in [-0.15, -0.1) is 0 Å². The summed E-state index contributed by atoms with van der Waals surface area (Å²) in [5.41, 5.74) is 0. The van der Waals surface area contributed by atoms with Crippen molar-refractivity contribution in [3.05, 3.63) is 12.2 Å². The van der Waals surface area contributed by atoms with Crippen molar-refractivity contribution in [1.82, 2.24) is 0 Å². The SMILES string of the molecule is CCCCC/C=C\CCCCCCCCOCC(COP(=O)([O-])OCC[N+](C)(C)C)OC(=O)CCCCCCCCC. The first-order valence-corrected chi connectivity index (χ1v) is 18.4. The van der Waals surface area contributed by atoms with Gasteiger partial charge in [-0.1, -0.05) is 103 Å². The van der Waals surface area contributed by atoms with E-state index in [1.807, 2.05) is 21.1 Å². The second-order valence-electron chi connectivity index (χ2n) is 12.5. The third-order valence-electron chi connectivity index (χ3n) is 7.07. The van der Waals surface area contributed by atoms with Gasteiger partial charge in [0, 0.05) is 13.0 Å². The molecule has 0 amide bonds. The third kappa shape index (κ3) is 30.7. The van der Waals surface area contributed by atoms with Gasteiger partial charge >= 0.3 is 5.97 Å². The van der Waals surface area contributed by atoms with Crippen LogP contribution in [0.5, 0.6) is 0 Å². The van der Waals surface area contributed by atoms with Crippen LogP contribution >= 0.6 is 7.82 Å². The van der Waals surface area contributed by atoms with Gasteiger partial charge in [0.15, 0.2) is 0 Å².